The predicted molar refractivity (Wildman–Crippen MR) is 86.0 cm³/mol. The number of oxazole rings is 1. The van der Waals surface area contributed by atoms with Crippen molar-refractivity contribution >= 4 is 17.5 Å². The molecule has 0 aliphatic heterocycles. The maximum Gasteiger partial charge on any atom is 0.449 e. The van der Waals surface area contributed by atoms with Gasteiger partial charge in [0.2, 0.25) is 5.78 Å². The van der Waals surface area contributed by atoms with Crippen molar-refractivity contribution in [3.05, 3.63) is 48.0 Å². The fraction of sp³-hybridized carbons (Fsp3) is 0.412. The van der Waals surface area contributed by atoms with Gasteiger partial charge in [0.1, 0.15) is 0 Å². The van der Waals surface area contributed by atoms with Gasteiger partial charge in [0.25, 0.3) is 5.89 Å². The second-order valence-corrected chi connectivity index (χ2v) is 6.42. The van der Waals surface area contributed by atoms with Crippen LogP contribution in [0.5, 0.6) is 0 Å². The van der Waals surface area contributed by atoms with Gasteiger partial charge in [-0.15, -0.1) is 0 Å². The van der Waals surface area contributed by atoms with Crippen LogP contribution in [0.15, 0.2) is 46.0 Å². The lowest BCUT2D eigenvalue weighted by Crippen LogP contribution is -1.99. The molecule has 2 aromatic rings. The number of carbonyl (C=O) groups is 1. The molecular weight excluding hydrogens is 339 g/mol. The molecule has 0 spiro atoms. The standard InChI is InChI=1S/C17H18F3NO2S/c18-17(19,20)24-15-12-21-16(23-15)14(22)11-7-2-1-4-8-13-9-5-3-6-10-13/h3,5-6,9-10,12H,1-2,4,7-8,11H2. The summed E-state index contributed by atoms with van der Waals surface area (Å²) in [6, 6.07) is 10.2. The van der Waals surface area contributed by atoms with Crippen LogP contribution >= 0.6 is 11.8 Å². The van der Waals surface area contributed by atoms with Gasteiger partial charge in [0, 0.05) is 18.2 Å². The molecule has 1 aromatic carbocycles. The molecule has 1 aromatic heterocycles. The molecule has 1 heterocycles. The molecule has 0 amide bonds. The van der Waals surface area contributed by atoms with E-state index in [1.165, 1.54) is 5.56 Å². The van der Waals surface area contributed by atoms with Crippen LogP contribution in [0.1, 0.15) is 48.4 Å². The number of alkyl halides is 3. The number of hydrogen-bond acceptors (Lipinski definition) is 4. The number of unbranched alkanes of at least 4 members (excludes halogenated alkanes) is 3. The molecule has 0 unspecified atom stereocenters. The van der Waals surface area contributed by atoms with Crippen molar-refractivity contribution in [2.45, 2.75) is 49.1 Å². The highest BCUT2D eigenvalue weighted by atomic mass is 32.2. The Morgan fingerprint density at radius 2 is 1.79 bits per heavy atom. The number of aryl methyl sites for hydroxylation is 1. The van der Waals surface area contributed by atoms with E-state index in [0.717, 1.165) is 31.9 Å². The maximum atomic E-state index is 12.2. The number of thioether (sulfide) groups is 1. The summed E-state index contributed by atoms with van der Waals surface area (Å²) in [7, 11) is 0. The van der Waals surface area contributed by atoms with Gasteiger partial charge in [-0.05, 0) is 24.8 Å². The first-order valence-electron chi connectivity index (χ1n) is 7.73. The van der Waals surface area contributed by atoms with Crippen molar-refractivity contribution in [2.24, 2.45) is 0 Å². The zero-order chi connectivity index (χ0) is 17.4. The fourth-order valence-corrected chi connectivity index (χ4v) is 2.72. The minimum Gasteiger partial charge on any atom is -0.427 e. The van der Waals surface area contributed by atoms with Crippen LogP contribution < -0.4 is 0 Å². The van der Waals surface area contributed by atoms with Gasteiger partial charge < -0.3 is 4.42 Å². The van der Waals surface area contributed by atoms with Gasteiger partial charge in [-0.25, -0.2) is 4.98 Å². The van der Waals surface area contributed by atoms with E-state index >= 15 is 0 Å². The number of benzene rings is 1. The molecule has 0 aliphatic rings. The van der Waals surface area contributed by atoms with Crippen molar-refractivity contribution in [2.75, 3.05) is 0 Å². The molecule has 0 saturated carbocycles. The average Bonchev–Trinajstić information content (AvgIpc) is 2.98. The van der Waals surface area contributed by atoms with Crippen LogP contribution in [0.25, 0.3) is 0 Å². The monoisotopic (exact) mass is 357 g/mol. The van der Waals surface area contributed by atoms with E-state index in [2.05, 4.69) is 17.1 Å². The van der Waals surface area contributed by atoms with E-state index < -0.39 is 22.4 Å². The lowest BCUT2D eigenvalue weighted by molar-refractivity contribution is -0.0335. The number of halogens is 3. The minimum absolute atomic E-state index is 0.238. The number of Topliss-reactive ketones (excluding diaryl/α,β-unsaturated/α-hetero) is 1. The molecule has 2 rings (SSSR count). The summed E-state index contributed by atoms with van der Waals surface area (Å²) < 4.78 is 41.4. The molecule has 0 fully saturated rings. The van der Waals surface area contributed by atoms with Crippen LogP contribution in [0.3, 0.4) is 0 Å². The Hall–Kier alpha value is -1.76. The highest BCUT2D eigenvalue weighted by Crippen LogP contribution is 2.37. The Kier molecular flexibility index (Phi) is 6.90. The Balaban J connectivity index is 1.63. The lowest BCUT2D eigenvalue weighted by atomic mass is 10.0. The Morgan fingerprint density at radius 1 is 1.08 bits per heavy atom. The third-order valence-corrected chi connectivity index (χ3v) is 4.02. The molecular formula is C17H18F3NO2S. The van der Waals surface area contributed by atoms with Crippen molar-refractivity contribution in [3.8, 4) is 0 Å². The topological polar surface area (TPSA) is 43.1 Å². The van der Waals surface area contributed by atoms with E-state index in [1.807, 2.05) is 18.2 Å². The number of rotatable bonds is 9. The smallest absolute Gasteiger partial charge is 0.427 e. The normalized spacial score (nSPS) is 11.6. The van der Waals surface area contributed by atoms with Gasteiger partial charge in [0.05, 0.1) is 6.20 Å². The van der Waals surface area contributed by atoms with Crippen LogP contribution in [0, 0.1) is 0 Å². The van der Waals surface area contributed by atoms with Crippen LogP contribution in [-0.4, -0.2) is 16.3 Å². The number of ketones is 1. The van der Waals surface area contributed by atoms with Crippen molar-refractivity contribution in [1.82, 2.24) is 4.98 Å². The highest BCUT2D eigenvalue weighted by Gasteiger charge is 2.31. The summed E-state index contributed by atoms with van der Waals surface area (Å²) in [5.41, 5.74) is -3.15. The summed E-state index contributed by atoms with van der Waals surface area (Å²) in [4.78, 5) is 15.4. The first-order chi connectivity index (χ1) is 11.4. The first-order valence-corrected chi connectivity index (χ1v) is 8.54. The SMILES string of the molecule is O=C(CCCCCCc1ccccc1)c1ncc(SC(F)(F)F)o1. The number of hydrogen-bond donors (Lipinski definition) is 0. The van der Waals surface area contributed by atoms with Gasteiger partial charge >= 0.3 is 5.51 Å². The van der Waals surface area contributed by atoms with Crippen LogP contribution in [0.4, 0.5) is 13.2 Å². The first kappa shape index (κ1) is 18.6. The van der Waals surface area contributed by atoms with Gasteiger partial charge in [-0.1, -0.05) is 43.2 Å². The van der Waals surface area contributed by atoms with Crippen molar-refractivity contribution in [3.63, 3.8) is 0 Å². The summed E-state index contributed by atoms with van der Waals surface area (Å²) in [5, 5.41) is -0.409. The molecule has 24 heavy (non-hydrogen) atoms. The summed E-state index contributed by atoms with van der Waals surface area (Å²) in [6.07, 6.45) is 5.80. The van der Waals surface area contributed by atoms with Gasteiger partial charge in [-0.3, -0.25) is 4.79 Å². The maximum absolute atomic E-state index is 12.2. The third kappa shape index (κ3) is 6.78. The Morgan fingerprint density at radius 3 is 2.50 bits per heavy atom. The zero-order valence-electron chi connectivity index (χ0n) is 13.0. The second kappa shape index (κ2) is 8.92. The summed E-state index contributed by atoms with van der Waals surface area (Å²) >= 11 is -0.410. The third-order valence-electron chi connectivity index (χ3n) is 3.40. The highest BCUT2D eigenvalue weighted by molar-refractivity contribution is 8.00. The Bertz CT molecular complexity index is 641. The summed E-state index contributed by atoms with van der Waals surface area (Å²) in [6.45, 7) is 0. The van der Waals surface area contributed by atoms with Gasteiger partial charge in [-0.2, -0.15) is 13.2 Å². The average molecular weight is 357 g/mol. The largest absolute Gasteiger partial charge is 0.449 e. The summed E-state index contributed by atoms with van der Waals surface area (Å²) in [5.74, 6) is -0.599. The van der Waals surface area contributed by atoms with E-state index in [1.54, 1.807) is 0 Å². The van der Waals surface area contributed by atoms with Crippen molar-refractivity contribution in [1.29, 1.82) is 0 Å². The lowest BCUT2D eigenvalue weighted by Gasteiger charge is -2.02. The molecule has 0 aliphatic carbocycles. The predicted octanol–water partition coefficient (Wildman–Crippen LogP) is 5.66. The molecule has 0 bridgehead atoms. The fourth-order valence-electron chi connectivity index (χ4n) is 2.27. The molecule has 0 saturated heterocycles. The molecule has 0 N–H and O–H groups in total. The molecule has 130 valence electrons. The van der Waals surface area contributed by atoms with E-state index in [-0.39, 0.29) is 18.1 Å². The zero-order valence-corrected chi connectivity index (χ0v) is 13.8. The second-order valence-electron chi connectivity index (χ2n) is 5.36. The van der Waals surface area contributed by atoms with E-state index in [4.69, 9.17) is 4.42 Å². The number of carbonyl (C=O) groups excluding carboxylic acids is 1. The van der Waals surface area contributed by atoms with Crippen molar-refractivity contribution < 1.29 is 22.4 Å². The van der Waals surface area contributed by atoms with Gasteiger partial charge in [0.15, 0.2) is 5.09 Å². The van der Waals surface area contributed by atoms with Crippen LogP contribution in [0.2, 0.25) is 0 Å². The number of nitrogens with zero attached hydrogens (tertiary/aromatic N) is 1. The minimum atomic E-state index is -4.45. The Labute approximate surface area is 142 Å². The molecule has 0 atom stereocenters. The number of aromatic nitrogens is 1. The molecule has 7 heteroatoms. The van der Waals surface area contributed by atoms with E-state index in [9.17, 15) is 18.0 Å². The quantitative estimate of drug-likeness (QED) is 0.330. The molecule has 3 nitrogen and oxygen atoms in total. The molecule has 0 radical (unpaired) electrons. The van der Waals surface area contributed by atoms with E-state index in [0.29, 0.717) is 6.42 Å². The van der Waals surface area contributed by atoms with Crippen LogP contribution in [-0.2, 0) is 6.42 Å².